The van der Waals surface area contributed by atoms with Crippen LogP contribution in [-0.2, 0) is 0 Å². The molecule has 0 atom stereocenters. The van der Waals surface area contributed by atoms with Crippen molar-refractivity contribution in [1.29, 1.82) is 5.26 Å². The number of non-ortho nitro benzene ring substituents is 1. The Balaban J connectivity index is 2.09. The molecule has 140 valence electrons. The summed E-state index contributed by atoms with van der Waals surface area (Å²) in [7, 11) is 0. The Morgan fingerprint density at radius 2 is 1.93 bits per heavy atom. The number of nitro groups is 1. The highest BCUT2D eigenvalue weighted by Gasteiger charge is 2.13. The first-order valence-electron chi connectivity index (χ1n) is 8.64. The third-order valence-corrected chi connectivity index (χ3v) is 5.55. The van der Waals surface area contributed by atoms with Gasteiger partial charge in [0.2, 0.25) is 0 Å². The predicted octanol–water partition coefficient (Wildman–Crippen LogP) is 6.14. The first kappa shape index (κ1) is 19.6. The van der Waals surface area contributed by atoms with Gasteiger partial charge >= 0.3 is 0 Å². The van der Waals surface area contributed by atoms with Crippen molar-refractivity contribution in [2.75, 3.05) is 0 Å². The van der Waals surface area contributed by atoms with Crippen LogP contribution in [0.15, 0.2) is 53.0 Å². The second kappa shape index (κ2) is 7.83. The molecule has 1 aromatic heterocycles. The lowest BCUT2D eigenvalue weighted by atomic mass is 10.0. The van der Waals surface area contributed by atoms with Crippen molar-refractivity contribution in [1.82, 2.24) is 4.57 Å². The van der Waals surface area contributed by atoms with Gasteiger partial charge in [-0.2, -0.15) is 5.26 Å². The standard InChI is InChI=1S/C22H18BrN3O2/c1-14-9-20(7-8-22(14)23)25-15(2)10-18(16(25)3)11-19(13-24)17-5-4-6-21(12-17)26(27)28/h4-12H,1-3H3. The smallest absolute Gasteiger partial charge is 0.270 e. The molecular weight excluding hydrogens is 418 g/mol. The third kappa shape index (κ3) is 3.75. The number of aromatic nitrogens is 1. The van der Waals surface area contributed by atoms with E-state index in [9.17, 15) is 15.4 Å². The topological polar surface area (TPSA) is 71.9 Å². The number of rotatable bonds is 4. The second-order valence-corrected chi connectivity index (χ2v) is 7.43. The van der Waals surface area contributed by atoms with Gasteiger partial charge in [0, 0.05) is 33.7 Å². The van der Waals surface area contributed by atoms with Gasteiger partial charge in [-0.3, -0.25) is 10.1 Å². The molecule has 5 nitrogen and oxygen atoms in total. The number of aryl methyl sites for hydroxylation is 2. The minimum atomic E-state index is -0.458. The fourth-order valence-electron chi connectivity index (χ4n) is 3.22. The number of hydrogen-bond acceptors (Lipinski definition) is 3. The molecule has 0 amide bonds. The molecule has 0 unspecified atom stereocenters. The molecule has 0 saturated carbocycles. The van der Waals surface area contributed by atoms with E-state index in [1.165, 1.54) is 12.1 Å². The molecular formula is C22H18BrN3O2. The molecule has 0 saturated heterocycles. The van der Waals surface area contributed by atoms with Crippen molar-refractivity contribution in [3.63, 3.8) is 0 Å². The van der Waals surface area contributed by atoms with Gasteiger partial charge in [0.15, 0.2) is 0 Å². The van der Waals surface area contributed by atoms with Crippen LogP contribution in [0, 0.1) is 42.2 Å². The van der Waals surface area contributed by atoms with E-state index in [1.807, 2.05) is 39.0 Å². The number of halogens is 1. The van der Waals surface area contributed by atoms with Crippen LogP contribution < -0.4 is 0 Å². The number of hydrogen-bond donors (Lipinski definition) is 0. The highest BCUT2D eigenvalue weighted by atomic mass is 79.9. The summed E-state index contributed by atoms with van der Waals surface area (Å²) in [5, 5.41) is 20.7. The average Bonchev–Trinajstić information content (AvgIpc) is 2.95. The molecule has 0 fully saturated rings. The van der Waals surface area contributed by atoms with E-state index >= 15 is 0 Å². The number of nitrogens with zero attached hydrogens (tertiary/aromatic N) is 3. The van der Waals surface area contributed by atoms with Crippen LogP contribution in [0.5, 0.6) is 0 Å². The number of benzene rings is 2. The van der Waals surface area contributed by atoms with Gasteiger partial charge in [0.05, 0.1) is 16.6 Å². The van der Waals surface area contributed by atoms with Crippen LogP contribution in [-0.4, -0.2) is 9.49 Å². The maximum absolute atomic E-state index is 11.0. The summed E-state index contributed by atoms with van der Waals surface area (Å²) >= 11 is 3.53. The highest BCUT2D eigenvalue weighted by Crippen LogP contribution is 2.28. The van der Waals surface area contributed by atoms with Crippen molar-refractivity contribution in [2.24, 2.45) is 0 Å². The van der Waals surface area contributed by atoms with Gasteiger partial charge in [-0.25, -0.2) is 0 Å². The zero-order valence-corrected chi connectivity index (χ0v) is 17.3. The van der Waals surface area contributed by atoms with Gasteiger partial charge in [-0.15, -0.1) is 0 Å². The normalized spacial score (nSPS) is 11.3. The Kier molecular flexibility index (Phi) is 5.48. The van der Waals surface area contributed by atoms with Crippen LogP contribution in [0.3, 0.4) is 0 Å². The fraction of sp³-hybridized carbons (Fsp3) is 0.136. The van der Waals surface area contributed by atoms with E-state index in [1.54, 1.807) is 18.2 Å². The Labute approximate surface area is 171 Å². The zero-order chi connectivity index (χ0) is 20.4. The Morgan fingerprint density at radius 1 is 1.18 bits per heavy atom. The molecule has 1 heterocycles. The first-order valence-corrected chi connectivity index (χ1v) is 9.43. The van der Waals surface area contributed by atoms with Crippen molar-refractivity contribution in [3.05, 3.63) is 91.2 Å². The van der Waals surface area contributed by atoms with Gasteiger partial charge < -0.3 is 4.57 Å². The van der Waals surface area contributed by atoms with Crippen LogP contribution in [0.2, 0.25) is 0 Å². The summed E-state index contributed by atoms with van der Waals surface area (Å²) < 4.78 is 3.18. The quantitative estimate of drug-likeness (QED) is 0.280. The predicted molar refractivity (Wildman–Crippen MR) is 114 cm³/mol. The Morgan fingerprint density at radius 3 is 2.57 bits per heavy atom. The summed E-state index contributed by atoms with van der Waals surface area (Å²) in [6.45, 7) is 6.05. The largest absolute Gasteiger partial charge is 0.318 e. The molecule has 28 heavy (non-hydrogen) atoms. The van der Waals surface area contributed by atoms with Gasteiger partial charge in [0.25, 0.3) is 5.69 Å². The fourth-order valence-corrected chi connectivity index (χ4v) is 3.47. The summed E-state index contributed by atoms with van der Waals surface area (Å²) in [5.74, 6) is 0. The van der Waals surface area contributed by atoms with Crippen LogP contribution in [0.1, 0.15) is 28.1 Å². The molecule has 0 aliphatic rings. The molecule has 0 bridgehead atoms. The van der Waals surface area contributed by atoms with Gasteiger partial charge in [-0.1, -0.05) is 28.1 Å². The first-order chi connectivity index (χ1) is 13.3. The second-order valence-electron chi connectivity index (χ2n) is 6.57. The lowest BCUT2D eigenvalue weighted by molar-refractivity contribution is -0.384. The van der Waals surface area contributed by atoms with Gasteiger partial charge in [0.1, 0.15) is 0 Å². The van der Waals surface area contributed by atoms with E-state index in [4.69, 9.17) is 0 Å². The van der Waals surface area contributed by atoms with Crippen molar-refractivity contribution < 1.29 is 4.92 Å². The van der Waals surface area contributed by atoms with Crippen molar-refractivity contribution in [2.45, 2.75) is 20.8 Å². The van der Waals surface area contributed by atoms with Crippen LogP contribution in [0.4, 0.5) is 5.69 Å². The van der Waals surface area contributed by atoms with Crippen molar-refractivity contribution in [3.8, 4) is 11.8 Å². The van der Waals surface area contributed by atoms with E-state index in [0.717, 1.165) is 32.7 Å². The Bertz CT molecular complexity index is 1150. The molecule has 3 aromatic rings. The number of nitriles is 1. The van der Waals surface area contributed by atoms with E-state index < -0.39 is 4.92 Å². The molecule has 0 aliphatic heterocycles. The maximum Gasteiger partial charge on any atom is 0.270 e. The van der Waals surface area contributed by atoms with Crippen LogP contribution >= 0.6 is 15.9 Å². The molecule has 2 aromatic carbocycles. The minimum absolute atomic E-state index is 0.0329. The van der Waals surface area contributed by atoms with E-state index in [0.29, 0.717) is 11.1 Å². The third-order valence-electron chi connectivity index (χ3n) is 4.66. The molecule has 0 spiro atoms. The van der Waals surface area contributed by atoms with Crippen molar-refractivity contribution >= 4 is 33.3 Å². The summed E-state index contributed by atoms with van der Waals surface area (Å²) in [6.07, 6.45) is 1.78. The monoisotopic (exact) mass is 435 g/mol. The molecule has 0 N–H and O–H groups in total. The van der Waals surface area contributed by atoms with E-state index in [2.05, 4.69) is 32.6 Å². The highest BCUT2D eigenvalue weighted by molar-refractivity contribution is 9.10. The summed E-state index contributed by atoms with van der Waals surface area (Å²) in [5.41, 5.74) is 6.01. The zero-order valence-electron chi connectivity index (χ0n) is 15.7. The lowest BCUT2D eigenvalue weighted by Gasteiger charge is -2.11. The lowest BCUT2D eigenvalue weighted by Crippen LogP contribution is -1.99. The van der Waals surface area contributed by atoms with Gasteiger partial charge in [-0.05, 0) is 67.8 Å². The minimum Gasteiger partial charge on any atom is -0.318 e. The molecule has 0 aliphatic carbocycles. The maximum atomic E-state index is 11.0. The molecule has 0 radical (unpaired) electrons. The van der Waals surface area contributed by atoms with E-state index in [-0.39, 0.29) is 5.69 Å². The summed E-state index contributed by atoms with van der Waals surface area (Å²) in [4.78, 5) is 10.6. The molecule has 3 rings (SSSR count). The SMILES string of the molecule is Cc1cc(-n2c(C)cc(C=C(C#N)c3cccc([N+](=O)[O-])c3)c2C)ccc1Br. The number of nitro benzene ring substituents is 1. The molecule has 6 heteroatoms. The average molecular weight is 436 g/mol. The summed E-state index contributed by atoms with van der Waals surface area (Å²) in [6, 6.07) is 16.5. The van der Waals surface area contributed by atoms with Crippen LogP contribution in [0.25, 0.3) is 17.3 Å². The number of allylic oxidation sites excluding steroid dienone is 1. The Hall–Kier alpha value is -3.17.